The summed E-state index contributed by atoms with van der Waals surface area (Å²) in [5.41, 5.74) is 0.863. The molecule has 1 aromatic rings. The summed E-state index contributed by atoms with van der Waals surface area (Å²) in [4.78, 5) is 4.26. The van der Waals surface area contributed by atoms with Crippen molar-refractivity contribution < 1.29 is 22.3 Å². The van der Waals surface area contributed by atoms with Gasteiger partial charge in [-0.3, -0.25) is 0 Å². The van der Waals surface area contributed by atoms with Gasteiger partial charge >= 0.3 is 12.3 Å². The molecule has 1 N–H and O–H groups in total. The van der Waals surface area contributed by atoms with Crippen LogP contribution in [0.4, 0.5) is 17.6 Å². The first-order chi connectivity index (χ1) is 8.99. The third kappa shape index (κ3) is 3.87. The van der Waals surface area contributed by atoms with Gasteiger partial charge in [-0.2, -0.15) is 8.78 Å². The van der Waals surface area contributed by atoms with Crippen LogP contribution in [0.3, 0.4) is 0 Å². The topological polar surface area (TPSA) is 34.1 Å². The molecule has 1 atom stereocenters. The number of nitrogens with zero attached hydrogens (tertiary/aromatic N) is 1. The fourth-order valence-corrected chi connectivity index (χ4v) is 2.61. The van der Waals surface area contributed by atoms with E-state index in [1.54, 1.807) is 0 Å². The molecule has 3 nitrogen and oxygen atoms in total. The highest BCUT2D eigenvalue weighted by Crippen LogP contribution is 2.26. The minimum atomic E-state index is -4.10. The van der Waals surface area contributed by atoms with E-state index < -0.39 is 19.0 Å². The van der Waals surface area contributed by atoms with Gasteiger partial charge in [-0.25, -0.2) is 13.8 Å². The molecule has 0 unspecified atom stereocenters. The second-order valence-electron chi connectivity index (χ2n) is 4.37. The van der Waals surface area contributed by atoms with Gasteiger partial charge in [0.2, 0.25) is 0 Å². The Hall–Kier alpha value is -0.730. The first-order valence-electron chi connectivity index (χ1n) is 5.90. The number of aromatic nitrogens is 1. The zero-order valence-electron chi connectivity index (χ0n) is 10.0. The molecule has 1 aliphatic heterocycles. The number of hydrogen-bond donors (Lipinski definition) is 1. The van der Waals surface area contributed by atoms with Crippen LogP contribution in [-0.4, -0.2) is 30.5 Å². The van der Waals surface area contributed by atoms with Gasteiger partial charge in [0.15, 0.2) is 0 Å². The number of halogens is 4. The molecule has 0 aromatic carbocycles. The van der Waals surface area contributed by atoms with Crippen molar-refractivity contribution in [3.8, 4) is 0 Å². The van der Waals surface area contributed by atoms with E-state index in [-0.39, 0.29) is 12.6 Å². The number of rotatable bonds is 6. The second kappa shape index (κ2) is 6.15. The molecule has 108 valence electrons. The molecule has 1 aliphatic rings. The van der Waals surface area contributed by atoms with Crippen molar-refractivity contribution in [1.29, 1.82) is 0 Å². The van der Waals surface area contributed by atoms with E-state index in [4.69, 9.17) is 0 Å². The largest absolute Gasteiger partial charge is 0.368 e. The molecular weight excluding hydrogens is 284 g/mol. The van der Waals surface area contributed by atoms with Gasteiger partial charge in [0.05, 0.1) is 18.3 Å². The van der Waals surface area contributed by atoms with E-state index in [2.05, 4.69) is 15.0 Å². The number of alkyl halides is 4. The molecule has 1 aromatic heterocycles. The Morgan fingerprint density at radius 1 is 1.53 bits per heavy atom. The molecule has 0 bridgehead atoms. The van der Waals surface area contributed by atoms with Crippen molar-refractivity contribution >= 4 is 11.3 Å². The SMILES string of the molecule is FC(F)C(F)(F)COCc1nc([C@H]2CCCN2)cs1. The number of hydrogen-bond acceptors (Lipinski definition) is 4. The Balaban J connectivity index is 1.80. The van der Waals surface area contributed by atoms with Crippen LogP contribution < -0.4 is 5.32 Å². The lowest BCUT2D eigenvalue weighted by molar-refractivity contribution is -0.168. The Morgan fingerprint density at radius 2 is 2.32 bits per heavy atom. The highest BCUT2D eigenvalue weighted by molar-refractivity contribution is 7.09. The van der Waals surface area contributed by atoms with E-state index in [0.29, 0.717) is 5.01 Å². The van der Waals surface area contributed by atoms with Gasteiger partial charge in [-0.15, -0.1) is 11.3 Å². The molecule has 2 heterocycles. The minimum absolute atomic E-state index is 0.167. The smallest absolute Gasteiger partial charge is 0.330 e. The molecule has 19 heavy (non-hydrogen) atoms. The van der Waals surface area contributed by atoms with Gasteiger partial charge < -0.3 is 10.1 Å². The maximum absolute atomic E-state index is 12.6. The lowest BCUT2D eigenvalue weighted by Gasteiger charge is -2.14. The minimum Gasteiger partial charge on any atom is -0.368 e. The lowest BCUT2D eigenvalue weighted by atomic mass is 10.2. The Labute approximate surface area is 112 Å². The van der Waals surface area contributed by atoms with Crippen LogP contribution in [0.2, 0.25) is 0 Å². The van der Waals surface area contributed by atoms with E-state index in [9.17, 15) is 17.6 Å². The molecule has 0 radical (unpaired) electrons. The van der Waals surface area contributed by atoms with Crippen molar-refractivity contribution in [2.24, 2.45) is 0 Å². The normalized spacial score (nSPS) is 20.4. The predicted molar refractivity (Wildman–Crippen MR) is 62.7 cm³/mol. The van der Waals surface area contributed by atoms with Crippen molar-refractivity contribution in [3.63, 3.8) is 0 Å². The van der Waals surface area contributed by atoms with E-state index in [1.807, 2.05) is 5.38 Å². The number of ether oxygens (including phenoxy) is 1. The van der Waals surface area contributed by atoms with Crippen molar-refractivity contribution in [1.82, 2.24) is 10.3 Å². The maximum atomic E-state index is 12.6. The highest BCUT2D eigenvalue weighted by atomic mass is 32.1. The fraction of sp³-hybridized carbons (Fsp3) is 0.727. The summed E-state index contributed by atoms with van der Waals surface area (Å²) in [6.07, 6.45) is -1.63. The molecular formula is C11H14F4N2OS. The zero-order chi connectivity index (χ0) is 13.9. The molecule has 0 amide bonds. The van der Waals surface area contributed by atoms with Crippen LogP contribution in [0.25, 0.3) is 0 Å². The van der Waals surface area contributed by atoms with Gasteiger partial charge in [-0.05, 0) is 19.4 Å². The van der Waals surface area contributed by atoms with Gasteiger partial charge in [0.1, 0.15) is 11.6 Å². The van der Waals surface area contributed by atoms with Crippen LogP contribution in [0.15, 0.2) is 5.38 Å². The lowest BCUT2D eigenvalue weighted by Crippen LogP contribution is -2.32. The maximum Gasteiger partial charge on any atom is 0.330 e. The van der Waals surface area contributed by atoms with Crippen LogP contribution >= 0.6 is 11.3 Å². The molecule has 1 saturated heterocycles. The Kier molecular flexibility index (Phi) is 4.75. The molecule has 2 rings (SSSR count). The van der Waals surface area contributed by atoms with Gasteiger partial charge in [-0.1, -0.05) is 0 Å². The number of nitrogens with one attached hydrogen (secondary N) is 1. The Morgan fingerprint density at radius 3 is 2.95 bits per heavy atom. The molecule has 1 fully saturated rings. The van der Waals surface area contributed by atoms with Crippen molar-refractivity contribution in [2.75, 3.05) is 13.2 Å². The molecule has 0 saturated carbocycles. The van der Waals surface area contributed by atoms with Crippen LogP contribution in [0.5, 0.6) is 0 Å². The summed E-state index contributed by atoms with van der Waals surface area (Å²) in [7, 11) is 0. The molecule has 0 spiro atoms. The standard InChI is InChI=1S/C11H14F4N2OS/c12-10(13)11(14,15)6-18-4-9-17-8(5-19-9)7-2-1-3-16-7/h5,7,10,16H,1-4,6H2/t7-/m1/s1. The summed E-state index contributed by atoms with van der Waals surface area (Å²) in [5.74, 6) is -4.10. The van der Waals surface area contributed by atoms with Crippen molar-refractivity contribution in [2.45, 2.75) is 37.8 Å². The summed E-state index contributed by atoms with van der Waals surface area (Å²) in [5, 5.41) is 5.63. The van der Waals surface area contributed by atoms with Gasteiger partial charge in [0.25, 0.3) is 0 Å². The third-order valence-corrected chi connectivity index (χ3v) is 3.67. The van der Waals surface area contributed by atoms with Crippen molar-refractivity contribution in [3.05, 3.63) is 16.1 Å². The van der Waals surface area contributed by atoms with Crippen LogP contribution in [0.1, 0.15) is 29.6 Å². The van der Waals surface area contributed by atoms with Gasteiger partial charge in [0, 0.05) is 5.38 Å². The average molecular weight is 298 g/mol. The predicted octanol–water partition coefficient (Wildman–Crippen LogP) is 2.98. The first-order valence-corrected chi connectivity index (χ1v) is 6.78. The molecule has 0 aliphatic carbocycles. The third-order valence-electron chi connectivity index (χ3n) is 2.83. The Bertz CT molecular complexity index is 407. The number of thiazole rings is 1. The van der Waals surface area contributed by atoms with E-state index in [1.165, 1.54) is 11.3 Å². The first kappa shape index (κ1) is 14.7. The zero-order valence-corrected chi connectivity index (χ0v) is 10.9. The monoisotopic (exact) mass is 298 g/mol. The average Bonchev–Trinajstić information content (AvgIpc) is 2.98. The summed E-state index contributed by atoms with van der Waals surface area (Å²) < 4.78 is 53.6. The summed E-state index contributed by atoms with van der Waals surface area (Å²) >= 11 is 1.29. The van der Waals surface area contributed by atoms with Crippen LogP contribution in [-0.2, 0) is 11.3 Å². The summed E-state index contributed by atoms with van der Waals surface area (Å²) in [6, 6.07) is 0.201. The van der Waals surface area contributed by atoms with E-state index in [0.717, 1.165) is 25.1 Å². The summed E-state index contributed by atoms with van der Waals surface area (Å²) in [6.45, 7) is -0.518. The second-order valence-corrected chi connectivity index (χ2v) is 5.31. The molecule has 8 heteroatoms. The van der Waals surface area contributed by atoms with E-state index >= 15 is 0 Å². The van der Waals surface area contributed by atoms with Crippen LogP contribution in [0, 0.1) is 0 Å². The quantitative estimate of drug-likeness (QED) is 0.820. The highest BCUT2D eigenvalue weighted by Gasteiger charge is 2.41. The fourth-order valence-electron chi connectivity index (χ4n) is 1.83.